The summed E-state index contributed by atoms with van der Waals surface area (Å²) in [7, 11) is 0. The highest BCUT2D eigenvalue weighted by atomic mass is 32.1. The quantitative estimate of drug-likeness (QED) is 0.770. The minimum atomic E-state index is -0.791. The molecule has 1 aromatic heterocycles. The number of hydrogen-bond acceptors (Lipinski definition) is 4. The van der Waals surface area contributed by atoms with E-state index in [0.29, 0.717) is 12.2 Å². The van der Waals surface area contributed by atoms with Crippen molar-refractivity contribution in [2.45, 2.75) is 12.8 Å². The van der Waals surface area contributed by atoms with Crippen LogP contribution in [-0.2, 0) is 11.2 Å². The Bertz CT molecular complexity index is 555. The van der Waals surface area contributed by atoms with E-state index < -0.39 is 5.97 Å². The Labute approximate surface area is 122 Å². The predicted molar refractivity (Wildman–Crippen MR) is 83.3 cm³/mol. The van der Waals surface area contributed by atoms with Gasteiger partial charge in [0.25, 0.3) is 0 Å². The molecule has 0 aliphatic carbocycles. The normalized spacial score (nSPS) is 10.4. The third-order valence-electron chi connectivity index (χ3n) is 3.08. The number of thiophene rings is 1. The van der Waals surface area contributed by atoms with Crippen molar-refractivity contribution in [1.82, 2.24) is 0 Å². The fourth-order valence-electron chi connectivity index (χ4n) is 2.06. The molecule has 1 aromatic carbocycles. The van der Waals surface area contributed by atoms with Gasteiger partial charge in [0.15, 0.2) is 0 Å². The Morgan fingerprint density at radius 1 is 1.20 bits per heavy atom. The zero-order chi connectivity index (χ0) is 14.4. The van der Waals surface area contributed by atoms with Gasteiger partial charge in [-0.05, 0) is 30.0 Å². The van der Waals surface area contributed by atoms with Crippen LogP contribution < -0.4 is 10.6 Å². The van der Waals surface area contributed by atoms with Crippen molar-refractivity contribution in [3.63, 3.8) is 0 Å². The fourth-order valence-corrected chi connectivity index (χ4v) is 2.76. The average molecular weight is 290 g/mol. The molecule has 106 valence electrons. The molecule has 0 spiro atoms. The van der Waals surface area contributed by atoms with E-state index in [1.807, 2.05) is 40.6 Å². The van der Waals surface area contributed by atoms with Crippen LogP contribution >= 0.6 is 11.3 Å². The van der Waals surface area contributed by atoms with Crippen molar-refractivity contribution in [3.8, 4) is 0 Å². The first-order valence-electron chi connectivity index (χ1n) is 6.50. The molecule has 4 nitrogen and oxygen atoms in total. The van der Waals surface area contributed by atoms with Gasteiger partial charge in [0.05, 0.1) is 17.8 Å². The Morgan fingerprint density at radius 3 is 2.65 bits per heavy atom. The number of hydrogen-bond donors (Lipinski definition) is 2. The van der Waals surface area contributed by atoms with Crippen molar-refractivity contribution in [1.29, 1.82) is 0 Å². The molecule has 0 saturated heterocycles. The first-order chi connectivity index (χ1) is 9.66. The van der Waals surface area contributed by atoms with Crippen molar-refractivity contribution in [2.24, 2.45) is 0 Å². The second-order valence-electron chi connectivity index (χ2n) is 4.52. The number of carboxylic acid groups (broad SMARTS) is 1. The molecule has 0 radical (unpaired) electrons. The number of aliphatic carboxylic acids is 1. The molecule has 0 aliphatic rings. The summed E-state index contributed by atoms with van der Waals surface area (Å²) in [6.07, 6.45) is 1.00. The van der Waals surface area contributed by atoms with Crippen LogP contribution in [0.15, 0.2) is 41.8 Å². The standard InChI is InChI=1S/C15H18N2O2S/c16-13-5-1-2-6-14(13)17(10-8-15(18)19)9-7-12-4-3-11-20-12/h1-6,11H,7-10,16H2,(H,18,19). The second kappa shape index (κ2) is 6.96. The van der Waals surface area contributed by atoms with Gasteiger partial charge in [-0.3, -0.25) is 4.79 Å². The Kier molecular flexibility index (Phi) is 5.01. The second-order valence-corrected chi connectivity index (χ2v) is 5.55. The number of anilines is 2. The zero-order valence-corrected chi connectivity index (χ0v) is 12.0. The summed E-state index contributed by atoms with van der Waals surface area (Å²) in [6.45, 7) is 1.23. The highest BCUT2D eigenvalue weighted by Gasteiger charge is 2.11. The van der Waals surface area contributed by atoms with E-state index in [4.69, 9.17) is 10.8 Å². The number of rotatable bonds is 7. The van der Waals surface area contributed by atoms with Crippen LogP contribution in [0.3, 0.4) is 0 Å². The lowest BCUT2D eigenvalue weighted by atomic mass is 10.2. The Morgan fingerprint density at radius 2 is 2.00 bits per heavy atom. The van der Waals surface area contributed by atoms with Crippen molar-refractivity contribution < 1.29 is 9.90 Å². The highest BCUT2D eigenvalue weighted by molar-refractivity contribution is 7.09. The van der Waals surface area contributed by atoms with Gasteiger partial charge in [0, 0.05) is 18.0 Å². The predicted octanol–water partition coefficient (Wildman–Crippen LogP) is 2.85. The third-order valence-corrected chi connectivity index (χ3v) is 4.02. The summed E-state index contributed by atoms with van der Waals surface area (Å²) >= 11 is 1.71. The molecular formula is C15H18N2O2S. The summed E-state index contributed by atoms with van der Waals surface area (Å²) in [5.74, 6) is -0.791. The van der Waals surface area contributed by atoms with Crippen molar-refractivity contribution in [3.05, 3.63) is 46.7 Å². The minimum absolute atomic E-state index is 0.110. The first-order valence-corrected chi connectivity index (χ1v) is 7.38. The van der Waals surface area contributed by atoms with Crippen molar-refractivity contribution >= 4 is 28.7 Å². The number of para-hydroxylation sites is 2. The van der Waals surface area contributed by atoms with Gasteiger partial charge in [0.1, 0.15) is 0 Å². The maximum absolute atomic E-state index is 10.8. The van der Waals surface area contributed by atoms with Crippen LogP contribution in [0.4, 0.5) is 11.4 Å². The van der Waals surface area contributed by atoms with Crippen LogP contribution in [0.25, 0.3) is 0 Å². The van der Waals surface area contributed by atoms with E-state index in [-0.39, 0.29) is 6.42 Å². The topological polar surface area (TPSA) is 66.6 Å². The first kappa shape index (κ1) is 14.4. The average Bonchev–Trinajstić information content (AvgIpc) is 2.93. The molecule has 3 N–H and O–H groups in total. The maximum Gasteiger partial charge on any atom is 0.305 e. The molecular weight excluding hydrogens is 272 g/mol. The lowest BCUT2D eigenvalue weighted by Crippen LogP contribution is -2.29. The van der Waals surface area contributed by atoms with Gasteiger partial charge in [-0.15, -0.1) is 11.3 Å². The van der Waals surface area contributed by atoms with Crippen LogP contribution in [0.1, 0.15) is 11.3 Å². The van der Waals surface area contributed by atoms with Crippen LogP contribution in [0, 0.1) is 0 Å². The number of nitrogens with zero attached hydrogens (tertiary/aromatic N) is 1. The van der Waals surface area contributed by atoms with Crippen molar-refractivity contribution in [2.75, 3.05) is 23.7 Å². The lowest BCUT2D eigenvalue weighted by molar-refractivity contribution is -0.136. The smallest absolute Gasteiger partial charge is 0.305 e. The molecule has 0 aliphatic heterocycles. The zero-order valence-electron chi connectivity index (χ0n) is 11.2. The summed E-state index contributed by atoms with van der Waals surface area (Å²) in [6, 6.07) is 11.7. The van der Waals surface area contributed by atoms with Crippen LogP contribution in [0.2, 0.25) is 0 Å². The molecule has 0 atom stereocenters. The molecule has 5 heteroatoms. The Hall–Kier alpha value is -2.01. The molecule has 0 saturated carbocycles. The van der Waals surface area contributed by atoms with Gasteiger partial charge >= 0.3 is 5.97 Å². The molecule has 1 heterocycles. The molecule has 0 fully saturated rings. The summed E-state index contributed by atoms with van der Waals surface area (Å²) in [5, 5.41) is 10.9. The van der Waals surface area contributed by atoms with Crippen LogP contribution in [-0.4, -0.2) is 24.2 Å². The highest BCUT2D eigenvalue weighted by Crippen LogP contribution is 2.23. The third kappa shape index (κ3) is 3.99. The lowest BCUT2D eigenvalue weighted by Gasteiger charge is -2.25. The van der Waals surface area contributed by atoms with Gasteiger partial charge in [-0.2, -0.15) is 0 Å². The number of benzene rings is 1. The number of carbonyl (C=O) groups is 1. The van der Waals surface area contributed by atoms with Gasteiger partial charge in [-0.25, -0.2) is 0 Å². The molecule has 2 rings (SSSR count). The van der Waals surface area contributed by atoms with E-state index in [2.05, 4.69) is 6.07 Å². The molecule has 2 aromatic rings. The van der Waals surface area contributed by atoms with E-state index in [0.717, 1.165) is 18.7 Å². The number of carboxylic acids is 1. The van der Waals surface area contributed by atoms with E-state index in [9.17, 15) is 4.79 Å². The summed E-state index contributed by atoms with van der Waals surface area (Å²) in [4.78, 5) is 14.1. The maximum atomic E-state index is 10.8. The fraction of sp³-hybridized carbons (Fsp3) is 0.267. The van der Waals surface area contributed by atoms with E-state index >= 15 is 0 Å². The summed E-state index contributed by atoms with van der Waals surface area (Å²) < 4.78 is 0. The molecule has 0 unspecified atom stereocenters. The van der Waals surface area contributed by atoms with Gasteiger partial charge < -0.3 is 15.7 Å². The molecule has 0 bridgehead atoms. The summed E-state index contributed by atoms with van der Waals surface area (Å²) in [5.41, 5.74) is 7.58. The van der Waals surface area contributed by atoms with Gasteiger partial charge in [0.2, 0.25) is 0 Å². The number of nitrogens with two attached hydrogens (primary N) is 1. The Balaban J connectivity index is 2.07. The van der Waals surface area contributed by atoms with Gasteiger partial charge in [-0.1, -0.05) is 18.2 Å². The molecule has 0 amide bonds. The van der Waals surface area contributed by atoms with E-state index in [1.54, 1.807) is 11.3 Å². The minimum Gasteiger partial charge on any atom is -0.481 e. The molecule has 20 heavy (non-hydrogen) atoms. The monoisotopic (exact) mass is 290 g/mol. The van der Waals surface area contributed by atoms with E-state index in [1.165, 1.54) is 4.88 Å². The number of nitrogen functional groups attached to an aromatic ring is 1. The SMILES string of the molecule is Nc1ccccc1N(CCC(=O)O)CCc1cccs1. The largest absolute Gasteiger partial charge is 0.481 e. The van der Waals surface area contributed by atoms with Crippen LogP contribution in [0.5, 0.6) is 0 Å².